The highest BCUT2D eigenvalue weighted by molar-refractivity contribution is 6.10. The Labute approximate surface area is 158 Å². The summed E-state index contributed by atoms with van der Waals surface area (Å²) in [5.41, 5.74) is 0.589. The number of carbonyl (C=O) groups excluding carboxylic acids is 3. The molecule has 2 aromatic rings. The smallest absolute Gasteiger partial charge is 0.337 e. The molecule has 0 fully saturated rings. The third-order valence-corrected chi connectivity index (χ3v) is 4.22. The maximum Gasteiger partial charge on any atom is 0.337 e. The summed E-state index contributed by atoms with van der Waals surface area (Å²) in [6.07, 6.45) is 0.686. The van der Waals surface area contributed by atoms with Crippen LogP contribution in [0.3, 0.4) is 0 Å². The Morgan fingerprint density at radius 1 is 0.963 bits per heavy atom. The van der Waals surface area contributed by atoms with Crippen molar-refractivity contribution >= 4 is 23.5 Å². The molecule has 2 N–H and O–H groups in total. The van der Waals surface area contributed by atoms with Crippen LogP contribution in [-0.4, -0.2) is 31.4 Å². The van der Waals surface area contributed by atoms with E-state index >= 15 is 0 Å². The lowest BCUT2D eigenvalue weighted by atomic mass is 9.90. The molecule has 0 aromatic heterocycles. The summed E-state index contributed by atoms with van der Waals surface area (Å²) in [6.45, 7) is 3.56. The quantitative estimate of drug-likeness (QED) is 0.581. The van der Waals surface area contributed by atoms with E-state index in [1.54, 1.807) is 32.0 Å². The first-order valence-electron chi connectivity index (χ1n) is 8.66. The second-order valence-corrected chi connectivity index (χ2v) is 6.64. The molecule has 0 aliphatic heterocycles. The van der Waals surface area contributed by atoms with Crippen LogP contribution >= 0.6 is 0 Å². The van der Waals surface area contributed by atoms with Gasteiger partial charge >= 0.3 is 5.97 Å². The zero-order valence-corrected chi connectivity index (χ0v) is 15.7. The fourth-order valence-corrected chi connectivity index (χ4v) is 2.42. The van der Waals surface area contributed by atoms with E-state index in [4.69, 9.17) is 0 Å². The Bertz CT molecular complexity index is 816. The van der Waals surface area contributed by atoms with E-state index in [9.17, 15) is 14.4 Å². The van der Waals surface area contributed by atoms with Gasteiger partial charge in [0.2, 0.25) is 11.8 Å². The Kier molecular flexibility index (Phi) is 6.71. The Morgan fingerprint density at radius 2 is 1.67 bits per heavy atom. The van der Waals surface area contributed by atoms with Crippen LogP contribution in [0.15, 0.2) is 54.6 Å². The zero-order valence-electron chi connectivity index (χ0n) is 15.7. The third-order valence-electron chi connectivity index (χ3n) is 4.22. The van der Waals surface area contributed by atoms with Gasteiger partial charge in [-0.3, -0.25) is 9.59 Å². The highest BCUT2D eigenvalue weighted by atomic mass is 16.5. The van der Waals surface area contributed by atoms with Crippen molar-refractivity contribution in [2.45, 2.75) is 20.3 Å². The molecule has 0 aliphatic rings. The van der Waals surface area contributed by atoms with Gasteiger partial charge in [-0.15, -0.1) is 0 Å². The van der Waals surface area contributed by atoms with Crippen LogP contribution in [0.25, 0.3) is 0 Å². The largest absolute Gasteiger partial charge is 0.465 e. The van der Waals surface area contributed by atoms with Gasteiger partial charge in [-0.25, -0.2) is 4.79 Å². The summed E-state index contributed by atoms with van der Waals surface area (Å²) in [6, 6.07) is 16.2. The monoisotopic (exact) mass is 368 g/mol. The number of carbonyl (C=O) groups is 3. The summed E-state index contributed by atoms with van der Waals surface area (Å²) >= 11 is 0. The lowest BCUT2D eigenvalue weighted by molar-refractivity contribution is -0.138. The Morgan fingerprint density at radius 3 is 2.33 bits per heavy atom. The lowest BCUT2D eigenvalue weighted by Gasteiger charge is -2.23. The Balaban J connectivity index is 1.95. The molecule has 6 heteroatoms. The van der Waals surface area contributed by atoms with Crippen molar-refractivity contribution in [3.63, 3.8) is 0 Å². The normalized spacial score (nSPS) is 10.8. The van der Waals surface area contributed by atoms with E-state index in [0.717, 1.165) is 5.56 Å². The minimum Gasteiger partial charge on any atom is -0.465 e. The summed E-state index contributed by atoms with van der Waals surface area (Å²) in [4.78, 5) is 36.6. The maximum absolute atomic E-state index is 12.6. The van der Waals surface area contributed by atoms with Crippen molar-refractivity contribution in [2.75, 3.05) is 19.0 Å². The molecule has 2 amide bonds. The number of benzene rings is 2. The van der Waals surface area contributed by atoms with E-state index in [0.29, 0.717) is 24.2 Å². The van der Waals surface area contributed by atoms with Gasteiger partial charge in [-0.2, -0.15) is 0 Å². The maximum atomic E-state index is 12.6. The topological polar surface area (TPSA) is 84.5 Å². The number of anilines is 1. The highest BCUT2D eigenvalue weighted by Gasteiger charge is 2.35. The van der Waals surface area contributed by atoms with Crippen molar-refractivity contribution < 1.29 is 19.1 Å². The number of esters is 1. The van der Waals surface area contributed by atoms with Gasteiger partial charge in [-0.1, -0.05) is 36.4 Å². The average molecular weight is 368 g/mol. The molecule has 27 heavy (non-hydrogen) atoms. The molecule has 0 saturated heterocycles. The van der Waals surface area contributed by atoms with Crippen molar-refractivity contribution in [3.8, 4) is 0 Å². The first-order chi connectivity index (χ1) is 12.8. The highest BCUT2D eigenvalue weighted by Crippen LogP contribution is 2.20. The predicted octanol–water partition coefficient (Wildman–Crippen LogP) is 2.80. The molecule has 0 saturated carbocycles. The fraction of sp³-hybridized carbons (Fsp3) is 0.286. The standard InChI is InChI=1S/C21H24N2O4/c1-21(2,19(25)22-13-12-15-8-5-4-6-9-15)20(26)23-17-11-7-10-16(14-17)18(24)27-3/h4-11,14H,12-13H2,1-3H3,(H,22,25)(H,23,26). The molecule has 2 rings (SSSR count). The van der Waals surface area contributed by atoms with E-state index in [-0.39, 0.29) is 5.91 Å². The summed E-state index contributed by atoms with van der Waals surface area (Å²) in [5.74, 6) is -1.31. The first-order valence-corrected chi connectivity index (χ1v) is 8.66. The van der Waals surface area contributed by atoms with Crippen molar-refractivity contribution in [1.29, 1.82) is 0 Å². The molecular formula is C21H24N2O4. The van der Waals surface area contributed by atoms with Gasteiger partial charge in [0, 0.05) is 12.2 Å². The number of hydrogen-bond donors (Lipinski definition) is 2. The minimum absolute atomic E-state index is 0.320. The minimum atomic E-state index is -1.27. The molecule has 0 heterocycles. The van der Waals surface area contributed by atoms with Crippen LogP contribution in [0.1, 0.15) is 29.8 Å². The van der Waals surface area contributed by atoms with Crippen molar-refractivity contribution in [2.24, 2.45) is 5.41 Å². The first kappa shape index (κ1) is 20.2. The van der Waals surface area contributed by atoms with Crippen molar-refractivity contribution in [3.05, 3.63) is 65.7 Å². The average Bonchev–Trinajstić information content (AvgIpc) is 2.68. The van der Waals surface area contributed by atoms with Gasteiger partial charge < -0.3 is 15.4 Å². The summed E-state index contributed by atoms with van der Waals surface area (Å²) in [7, 11) is 1.29. The van der Waals surface area contributed by atoms with Crippen LogP contribution in [0.4, 0.5) is 5.69 Å². The van der Waals surface area contributed by atoms with Gasteiger partial charge in [-0.05, 0) is 44.0 Å². The predicted molar refractivity (Wildman–Crippen MR) is 103 cm³/mol. The Hall–Kier alpha value is -3.15. The zero-order chi connectivity index (χ0) is 19.9. The van der Waals surface area contributed by atoms with Gasteiger partial charge in [0.05, 0.1) is 12.7 Å². The van der Waals surface area contributed by atoms with E-state index in [2.05, 4.69) is 15.4 Å². The molecule has 142 valence electrons. The lowest BCUT2D eigenvalue weighted by Crippen LogP contribution is -2.45. The van der Waals surface area contributed by atoms with E-state index < -0.39 is 17.3 Å². The molecule has 0 atom stereocenters. The SMILES string of the molecule is COC(=O)c1cccc(NC(=O)C(C)(C)C(=O)NCCc2ccccc2)c1. The van der Waals surface area contributed by atoms with Crippen LogP contribution in [-0.2, 0) is 20.7 Å². The number of hydrogen-bond acceptors (Lipinski definition) is 4. The van der Waals surface area contributed by atoms with Crippen LogP contribution in [0.5, 0.6) is 0 Å². The molecular weight excluding hydrogens is 344 g/mol. The molecule has 0 radical (unpaired) electrons. The summed E-state index contributed by atoms with van der Waals surface area (Å²) in [5, 5.41) is 5.49. The fourth-order valence-electron chi connectivity index (χ4n) is 2.42. The molecule has 6 nitrogen and oxygen atoms in total. The second-order valence-electron chi connectivity index (χ2n) is 6.64. The van der Waals surface area contributed by atoms with Crippen LogP contribution in [0, 0.1) is 5.41 Å². The third kappa shape index (κ3) is 5.41. The molecule has 0 aliphatic carbocycles. The summed E-state index contributed by atoms with van der Waals surface area (Å²) < 4.78 is 4.67. The molecule has 0 spiro atoms. The number of rotatable bonds is 7. The molecule has 0 unspecified atom stereocenters. The second kappa shape index (κ2) is 8.98. The van der Waals surface area contributed by atoms with E-state index in [1.165, 1.54) is 13.2 Å². The number of nitrogens with one attached hydrogen (secondary N) is 2. The van der Waals surface area contributed by atoms with Gasteiger partial charge in [0.15, 0.2) is 0 Å². The number of methoxy groups -OCH3 is 1. The van der Waals surface area contributed by atoms with Gasteiger partial charge in [0.1, 0.15) is 5.41 Å². The van der Waals surface area contributed by atoms with Crippen LogP contribution in [0.2, 0.25) is 0 Å². The van der Waals surface area contributed by atoms with Crippen molar-refractivity contribution in [1.82, 2.24) is 5.32 Å². The van der Waals surface area contributed by atoms with Gasteiger partial charge in [0.25, 0.3) is 0 Å². The molecule has 0 bridgehead atoms. The van der Waals surface area contributed by atoms with Crippen LogP contribution < -0.4 is 10.6 Å². The van der Waals surface area contributed by atoms with E-state index in [1.807, 2.05) is 30.3 Å². The number of amides is 2. The molecule has 2 aromatic carbocycles. The number of ether oxygens (including phenoxy) is 1.